The van der Waals surface area contributed by atoms with E-state index in [1.807, 2.05) is 0 Å². The molecule has 0 saturated carbocycles. The molecule has 0 atom stereocenters. The number of urea groups is 1. The summed E-state index contributed by atoms with van der Waals surface area (Å²) >= 11 is 0. The fraction of sp³-hybridized carbons (Fsp3) is 0.154. The summed E-state index contributed by atoms with van der Waals surface area (Å²) in [7, 11) is 0. The van der Waals surface area contributed by atoms with Gasteiger partial charge in [0, 0.05) is 17.3 Å². The fourth-order valence-corrected chi connectivity index (χ4v) is 1.52. The molecule has 2 rings (SSSR count). The number of carbonyl (C=O) groups is 2. The molecule has 6 heteroatoms. The van der Waals surface area contributed by atoms with Crippen LogP contribution in [0.5, 0.6) is 0 Å². The van der Waals surface area contributed by atoms with Crippen LogP contribution < -0.4 is 10.6 Å². The average Bonchev–Trinajstić information content (AvgIpc) is 2.74. The van der Waals surface area contributed by atoms with E-state index in [1.165, 1.54) is 6.92 Å². The van der Waals surface area contributed by atoms with E-state index in [2.05, 4.69) is 15.8 Å². The molecule has 2 amide bonds. The Kier molecular flexibility index (Phi) is 3.61. The Balaban J connectivity index is 2.02. The van der Waals surface area contributed by atoms with Gasteiger partial charge in [0.2, 0.25) is 0 Å². The van der Waals surface area contributed by atoms with Crippen LogP contribution in [0.1, 0.15) is 23.0 Å². The molecule has 1 heterocycles. The lowest BCUT2D eigenvalue weighted by molar-refractivity contribution is 0.101. The van der Waals surface area contributed by atoms with Crippen LogP contribution in [0.2, 0.25) is 0 Å². The maximum absolute atomic E-state index is 11.7. The lowest BCUT2D eigenvalue weighted by Crippen LogP contribution is -2.19. The Hall–Kier alpha value is -2.63. The highest BCUT2D eigenvalue weighted by molar-refractivity contribution is 6.00. The van der Waals surface area contributed by atoms with Gasteiger partial charge in [-0.3, -0.25) is 10.1 Å². The molecule has 0 spiro atoms. The fourth-order valence-electron chi connectivity index (χ4n) is 1.52. The molecule has 2 N–H and O–H groups in total. The van der Waals surface area contributed by atoms with Crippen LogP contribution in [0.4, 0.5) is 16.3 Å². The van der Waals surface area contributed by atoms with Gasteiger partial charge in [0.15, 0.2) is 11.6 Å². The largest absolute Gasteiger partial charge is 0.360 e. The summed E-state index contributed by atoms with van der Waals surface area (Å²) in [4.78, 5) is 22.9. The van der Waals surface area contributed by atoms with Gasteiger partial charge < -0.3 is 9.84 Å². The summed E-state index contributed by atoms with van der Waals surface area (Å²) in [5.41, 5.74) is 1.07. The topological polar surface area (TPSA) is 84.2 Å². The summed E-state index contributed by atoms with van der Waals surface area (Å²) in [6.07, 6.45) is 0. The normalized spacial score (nSPS) is 10.0. The van der Waals surface area contributed by atoms with Crippen molar-refractivity contribution in [1.82, 2.24) is 5.16 Å². The molecule has 0 aliphatic rings. The quantitative estimate of drug-likeness (QED) is 0.830. The van der Waals surface area contributed by atoms with Gasteiger partial charge in [0.25, 0.3) is 0 Å². The Morgan fingerprint density at radius 2 is 2.00 bits per heavy atom. The molecule has 2 aromatic rings. The Bertz CT molecular complexity index is 619. The number of nitrogens with one attached hydrogen (secondary N) is 2. The van der Waals surface area contributed by atoms with Gasteiger partial charge in [0.1, 0.15) is 5.76 Å². The zero-order chi connectivity index (χ0) is 13.8. The maximum Gasteiger partial charge on any atom is 0.324 e. The number of ketones is 1. The standard InChI is InChI=1S/C13H13N3O3/c1-8-6-12(16-19-8)15-13(18)14-11-5-3-4-10(7-11)9(2)17/h3-7H,1-2H3,(H2,14,15,16,18). The number of hydrogen-bond acceptors (Lipinski definition) is 4. The van der Waals surface area contributed by atoms with E-state index in [4.69, 9.17) is 4.52 Å². The zero-order valence-electron chi connectivity index (χ0n) is 10.6. The summed E-state index contributed by atoms with van der Waals surface area (Å²) in [6.45, 7) is 3.20. The SMILES string of the molecule is CC(=O)c1cccc(NC(=O)Nc2cc(C)on2)c1. The van der Waals surface area contributed by atoms with Crippen molar-refractivity contribution in [2.24, 2.45) is 0 Å². The monoisotopic (exact) mass is 259 g/mol. The smallest absolute Gasteiger partial charge is 0.324 e. The second kappa shape index (κ2) is 5.34. The summed E-state index contributed by atoms with van der Waals surface area (Å²) in [5.74, 6) is 0.878. The molecule has 0 unspecified atom stereocenters. The summed E-state index contributed by atoms with van der Waals surface area (Å²) in [6, 6.07) is 7.84. The van der Waals surface area contributed by atoms with Crippen molar-refractivity contribution in [3.63, 3.8) is 0 Å². The highest BCUT2D eigenvalue weighted by atomic mass is 16.5. The lowest BCUT2D eigenvalue weighted by atomic mass is 10.1. The van der Waals surface area contributed by atoms with Crippen LogP contribution in [-0.4, -0.2) is 17.0 Å². The molecular weight excluding hydrogens is 246 g/mol. The van der Waals surface area contributed by atoms with E-state index >= 15 is 0 Å². The highest BCUT2D eigenvalue weighted by Gasteiger charge is 2.07. The molecule has 0 aliphatic heterocycles. The number of rotatable bonds is 3. The van der Waals surface area contributed by atoms with Crippen molar-refractivity contribution in [2.45, 2.75) is 13.8 Å². The summed E-state index contributed by atoms with van der Waals surface area (Å²) < 4.78 is 4.83. The number of amides is 2. The van der Waals surface area contributed by atoms with E-state index in [1.54, 1.807) is 37.3 Å². The Labute approximate surface area is 109 Å². The third-order valence-corrected chi connectivity index (χ3v) is 2.40. The predicted octanol–water partition coefficient (Wildman–Crippen LogP) is 2.83. The molecule has 6 nitrogen and oxygen atoms in total. The van der Waals surface area contributed by atoms with Gasteiger partial charge in [-0.2, -0.15) is 0 Å². The van der Waals surface area contributed by atoms with E-state index in [9.17, 15) is 9.59 Å². The first-order valence-electron chi connectivity index (χ1n) is 5.67. The highest BCUT2D eigenvalue weighted by Crippen LogP contribution is 2.12. The molecule has 98 valence electrons. The summed E-state index contributed by atoms with van der Waals surface area (Å²) in [5, 5.41) is 8.77. The van der Waals surface area contributed by atoms with E-state index in [0.29, 0.717) is 22.8 Å². The number of nitrogens with zero attached hydrogens (tertiary/aromatic N) is 1. The van der Waals surface area contributed by atoms with Crippen molar-refractivity contribution >= 4 is 23.3 Å². The van der Waals surface area contributed by atoms with Gasteiger partial charge in [-0.1, -0.05) is 17.3 Å². The first-order chi connectivity index (χ1) is 9.04. The van der Waals surface area contributed by atoms with E-state index in [-0.39, 0.29) is 5.78 Å². The minimum absolute atomic E-state index is 0.0591. The molecule has 1 aromatic carbocycles. The van der Waals surface area contributed by atoms with Crippen molar-refractivity contribution in [3.8, 4) is 0 Å². The molecule has 0 bridgehead atoms. The number of benzene rings is 1. The van der Waals surface area contributed by atoms with Crippen LogP contribution in [-0.2, 0) is 0 Å². The van der Waals surface area contributed by atoms with Crippen LogP contribution in [0.15, 0.2) is 34.9 Å². The number of carbonyl (C=O) groups excluding carboxylic acids is 2. The van der Waals surface area contributed by atoms with Gasteiger partial charge in [0.05, 0.1) is 0 Å². The van der Waals surface area contributed by atoms with Crippen molar-refractivity contribution in [3.05, 3.63) is 41.7 Å². The van der Waals surface area contributed by atoms with Gasteiger partial charge >= 0.3 is 6.03 Å². The Morgan fingerprint density at radius 3 is 2.63 bits per heavy atom. The molecular formula is C13H13N3O3. The third kappa shape index (κ3) is 3.41. The number of aryl methyl sites for hydroxylation is 1. The molecule has 0 fully saturated rings. The molecule has 1 aromatic heterocycles. The number of hydrogen-bond donors (Lipinski definition) is 2. The first kappa shape index (κ1) is 12.8. The van der Waals surface area contributed by atoms with Gasteiger partial charge in [-0.15, -0.1) is 0 Å². The average molecular weight is 259 g/mol. The maximum atomic E-state index is 11.7. The predicted molar refractivity (Wildman–Crippen MR) is 70.3 cm³/mol. The van der Waals surface area contributed by atoms with Gasteiger partial charge in [-0.05, 0) is 26.0 Å². The number of aromatic nitrogens is 1. The molecule has 0 saturated heterocycles. The molecule has 0 aliphatic carbocycles. The minimum Gasteiger partial charge on any atom is -0.360 e. The second-order valence-electron chi connectivity index (χ2n) is 4.04. The van der Waals surface area contributed by atoms with E-state index < -0.39 is 6.03 Å². The number of Topliss-reactive ketones (excluding diaryl/α,β-unsaturated/α-hetero) is 1. The second-order valence-corrected chi connectivity index (χ2v) is 4.04. The molecule has 19 heavy (non-hydrogen) atoms. The van der Waals surface area contributed by atoms with Crippen molar-refractivity contribution < 1.29 is 14.1 Å². The number of anilines is 2. The lowest BCUT2D eigenvalue weighted by Gasteiger charge is -2.06. The Morgan fingerprint density at radius 1 is 1.21 bits per heavy atom. The van der Waals surface area contributed by atoms with Crippen LogP contribution in [0.3, 0.4) is 0 Å². The third-order valence-electron chi connectivity index (χ3n) is 2.40. The zero-order valence-corrected chi connectivity index (χ0v) is 10.6. The minimum atomic E-state index is -0.450. The van der Waals surface area contributed by atoms with Crippen molar-refractivity contribution in [1.29, 1.82) is 0 Å². The van der Waals surface area contributed by atoms with Crippen LogP contribution >= 0.6 is 0 Å². The first-order valence-corrected chi connectivity index (χ1v) is 5.67. The van der Waals surface area contributed by atoms with E-state index in [0.717, 1.165) is 0 Å². The van der Waals surface area contributed by atoms with Crippen LogP contribution in [0, 0.1) is 6.92 Å². The molecule has 0 radical (unpaired) electrons. The van der Waals surface area contributed by atoms with Crippen molar-refractivity contribution in [2.75, 3.05) is 10.6 Å². The van der Waals surface area contributed by atoms with Crippen LogP contribution in [0.25, 0.3) is 0 Å². The van der Waals surface area contributed by atoms with Gasteiger partial charge in [-0.25, -0.2) is 4.79 Å².